The maximum absolute atomic E-state index is 11.9. The summed E-state index contributed by atoms with van der Waals surface area (Å²) in [7, 11) is 0. The van der Waals surface area contributed by atoms with Gasteiger partial charge in [-0.3, -0.25) is 0 Å². The van der Waals surface area contributed by atoms with Crippen molar-refractivity contribution in [1.82, 2.24) is 14.9 Å². The lowest BCUT2D eigenvalue weighted by atomic mass is 10.2. The van der Waals surface area contributed by atoms with Crippen LogP contribution in [-0.4, -0.2) is 58.4 Å². The third-order valence-corrected chi connectivity index (χ3v) is 3.49. The van der Waals surface area contributed by atoms with E-state index in [1.54, 1.807) is 4.90 Å². The summed E-state index contributed by atoms with van der Waals surface area (Å²) >= 11 is 0. The summed E-state index contributed by atoms with van der Waals surface area (Å²) in [4.78, 5) is 23.9. The predicted molar refractivity (Wildman–Crippen MR) is 78.3 cm³/mol. The Morgan fingerprint density at radius 1 is 1.43 bits per heavy atom. The second-order valence-electron chi connectivity index (χ2n) is 5.20. The number of carbonyl (C=O) groups is 1. The van der Waals surface area contributed by atoms with Crippen LogP contribution in [0.1, 0.15) is 26.7 Å². The minimum Gasteiger partial charge on any atom is -0.505 e. The number of anilines is 1. The van der Waals surface area contributed by atoms with E-state index in [4.69, 9.17) is 4.74 Å². The van der Waals surface area contributed by atoms with Gasteiger partial charge in [-0.25, -0.2) is 14.8 Å². The van der Waals surface area contributed by atoms with Crippen LogP contribution < -0.4 is 4.90 Å². The first kappa shape index (κ1) is 15.3. The molecular weight excluding hydrogens is 272 g/mol. The second-order valence-corrected chi connectivity index (χ2v) is 5.20. The van der Waals surface area contributed by atoms with Crippen LogP contribution in [0.5, 0.6) is 5.75 Å². The van der Waals surface area contributed by atoms with Crippen molar-refractivity contribution in [3.05, 3.63) is 12.4 Å². The molecule has 7 nitrogen and oxygen atoms in total. The Morgan fingerprint density at radius 3 is 2.76 bits per heavy atom. The van der Waals surface area contributed by atoms with Gasteiger partial charge in [-0.05, 0) is 13.3 Å². The van der Waals surface area contributed by atoms with Crippen LogP contribution in [0.15, 0.2) is 12.4 Å². The molecule has 1 aromatic heterocycles. The molecule has 2 rings (SSSR count). The molecular formula is C14H22N4O3. The third-order valence-electron chi connectivity index (χ3n) is 3.49. The number of rotatable bonds is 4. The molecule has 0 unspecified atom stereocenters. The molecule has 1 aliphatic rings. The van der Waals surface area contributed by atoms with Crippen LogP contribution in [0.3, 0.4) is 0 Å². The number of nitrogens with zero attached hydrogens (tertiary/aromatic N) is 4. The van der Waals surface area contributed by atoms with Gasteiger partial charge in [0.1, 0.15) is 0 Å². The fourth-order valence-corrected chi connectivity index (χ4v) is 2.28. The Balaban J connectivity index is 1.89. The lowest BCUT2D eigenvalue weighted by Gasteiger charge is -2.39. The van der Waals surface area contributed by atoms with Crippen LogP contribution in [0.2, 0.25) is 0 Å². The van der Waals surface area contributed by atoms with E-state index in [1.807, 2.05) is 11.8 Å². The summed E-state index contributed by atoms with van der Waals surface area (Å²) < 4.78 is 5.23. The van der Waals surface area contributed by atoms with Gasteiger partial charge >= 0.3 is 6.09 Å². The first-order valence-electron chi connectivity index (χ1n) is 7.31. The predicted octanol–water partition coefficient (Wildman–Crippen LogP) is 1.63. The number of hydrogen-bond acceptors (Lipinski definition) is 6. The van der Waals surface area contributed by atoms with E-state index in [0.717, 1.165) is 12.8 Å². The molecule has 0 aliphatic carbocycles. The smallest absolute Gasteiger partial charge is 0.409 e. The van der Waals surface area contributed by atoms with Gasteiger partial charge in [-0.2, -0.15) is 0 Å². The van der Waals surface area contributed by atoms with Crippen LogP contribution in [0.25, 0.3) is 0 Å². The van der Waals surface area contributed by atoms with E-state index in [-0.39, 0.29) is 17.9 Å². The zero-order chi connectivity index (χ0) is 15.2. The van der Waals surface area contributed by atoms with Gasteiger partial charge in [0.2, 0.25) is 5.95 Å². The lowest BCUT2D eigenvalue weighted by Crippen LogP contribution is -2.54. The van der Waals surface area contributed by atoms with Gasteiger partial charge in [-0.1, -0.05) is 13.3 Å². The quantitative estimate of drug-likeness (QED) is 0.850. The first-order valence-corrected chi connectivity index (χ1v) is 7.31. The molecule has 0 spiro atoms. The Bertz CT molecular complexity index is 466. The van der Waals surface area contributed by atoms with Crippen molar-refractivity contribution < 1.29 is 14.6 Å². The number of carbonyl (C=O) groups excluding carboxylic acids is 1. The van der Waals surface area contributed by atoms with Crippen molar-refractivity contribution in [2.24, 2.45) is 0 Å². The molecule has 1 aliphatic heterocycles. The van der Waals surface area contributed by atoms with Crippen LogP contribution >= 0.6 is 0 Å². The minimum absolute atomic E-state index is 0.0459. The summed E-state index contributed by atoms with van der Waals surface area (Å²) in [6.07, 6.45) is 4.40. The molecule has 2 heterocycles. The Morgan fingerprint density at radius 2 is 2.14 bits per heavy atom. The molecule has 1 saturated heterocycles. The summed E-state index contributed by atoms with van der Waals surface area (Å²) in [5.74, 6) is 0.615. The summed E-state index contributed by atoms with van der Waals surface area (Å²) in [6, 6.07) is 0.0991. The van der Waals surface area contributed by atoms with Gasteiger partial charge in [0.25, 0.3) is 0 Å². The topological polar surface area (TPSA) is 78.8 Å². The largest absolute Gasteiger partial charge is 0.505 e. The normalized spacial score (nSPS) is 18.7. The van der Waals surface area contributed by atoms with Crippen molar-refractivity contribution in [2.75, 3.05) is 31.1 Å². The van der Waals surface area contributed by atoms with Crippen molar-refractivity contribution in [1.29, 1.82) is 0 Å². The SMILES string of the molecule is CCCCOC(=O)N1CCN(c2ncc(O)cn2)[C@@H](C)C1. The first-order chi connectivity index (χ1) is 10.1. The Labute approximate surface area is 124 Å². The van der Waals surface area contributed by atoms with E-state index in [9.17, 15) is 9.90 Å². The number of amides is 1. The van der Waals surface area contributed by atoms with Crippen LogP contribution in [-0.2, 0) is 4.74 Å². The molecule has 0 radical (unpaired) electrons. The molecule has 1 fully saturated rings. The maximum atomic E-state index is 11.9. The molecule has 21 heavy (non-hydrogen) atoms. The fourth-order valence-electron chi connectivity index (χ4n) is 2.28. The molecule has 1 amide bonds. The Hall–Kier alpha value is -2.05. The maximum Gasteiger partial charge on any atom is 0.409 e. The average molecular weight is 294 g/mol. The molecule has 0 saturated carbocycles. The van der Waals surface area contributed by atoms with E-state index in [1.165, 1.54) is 12.4 Å². The number of hydrogen-bond donors (Lipinski definition) is 1. The summed E-state index contributed by atoms with van der Waals surface area (Å²) in [5, 5.41) is 9.23. The average Bonchev–Trinajstić information content (AvgIpc) is 2.48. The van der Waals surface area contributed by atoms with Gasteiger partial charge < -0.3 is 19.6 Å². The standard InChI is InChI=1S/C14H22N4O3/c1-3-4-7-21-14(20)17-5-6-18(11(2)10-17)13-15-8-12(19)9-16-13/h8-9,11,19H,3-7,10H2,1-2H3/t11-/m0/s1. The number of aromatic nitrogens is 2. The highest BCUT2D eigenvalue weighted by Gasteiger charge is 2.28. The number of ether oxygens (including phenoxy) is 1. The fraction of sp³-hybridized carbons (Fsp3) is 0.643. The molecule has 7 heteroatoms. The van der Waals surface area contributed by atoms with Crippen molar-refractivity contribution in [3.63, 3.8) is 0 Å². The minimum atomic E-state index is -0.249. The van der Waals surface area contributed by atoms with Crippen molar-refractivity contribution in [2.45, 2.75) is 32.7 Å². The second kappa shape index (κ2) is 7.10. The molecule has 116 valence electrons. The Kier molecular flexibility index (Phi) is 5.19. The van der Waals surface area contributed by atoms with Crippen LogP contribution in [0.4, 0.5) is 10.7 Å². The molecule has 1 N–H and O–H groups in total. The monoisotopic (exact) mass is 294 g/mol. The molecule has 0 bridgehead atoms. The highest BCUT2D eigenvalue weighted by molar-refractivity contribution is 5.68. The number of unbranched alkanes of at least 4 members (excludes halogenated alkanes) is 1. The van der Waals surface area contributed by atoms with E-state index in [0.29, 0.717) is 32.2 Å². The highest BCUT2D eigenvalue weighted by atomic mass is 16.6. The number of piperazine rings is 1. The molecule has 1 aromatic rings. The molecule has 0 aromatic carbocycles. The summed E-state index contributed by atoms with van der Waals surface area (Å²) in [5.41, 5.74) is 0. The van der Waals surface area contributed by atoms with Gasteiger partial charge in [0.05, 0.1) is 19.0 Å². The van der Waals surface area contributed by atoms with E-state index in [2.05, 4.69) is 16.9 Å². The molecule has 1 atom stereocenters. The third kappa shape index (κ3) is 3.96. The van der Waals surface area contributed by atoms with Gasteiger partial charge in [0.15, 0.2) is 5.75 Å². The summed E-state index contributed by atoms with van der Waals surface area (Å²) in [6.45, 7) is 6.36. The van der Waals surface area contributed by atoms with Gasteiger partial charge in [-0.15, -0.1) is 0 Å². The highest BCUT2D eigenvalue weighted by Crippen LogP contribution is 2.18. The lowest BCUT2D eigenvalue weighted by molar-refractivity contribution is 0.0943. The zero-order valence-electron chi connectivity index (χ0n) is 12.5. The van der Waals surface area contributed by atoms with Crippen LogP contribution in [0, 0.1) is 0 Å². The van der Waals surface area contributed by atoms with Crippen molar-refractivity contribution in [3.8, 4) is 5.75 Å². The van der Waals surface area contributed by atoms with Crippen molar-refractivity contribution >= 4 is 12.0 Å². The number of aromatic hydroxyl groups is 1. The van der Waals surface area contributed by atoms with E-state index < -0.39 is 0 Å². The van der Waals surface area contributed by atoms with Gasteiger partial charge in [0, 0.05) is 25.7 Å². The zero-order valence-corrected chi connectivity index (χ0v) is 12.5. The van der Waals surface area contributed by atoms with E-state index >= 15 is 0 Å².